The predicted octanol–water partition coefficient (Wildman–Crippen LogP) is 39.8. The first kappa shape index (κ1) is 92.7. The fourth-order valence-corrected chi connectivity index (χ4v) is 30.4. The topological polar surface area (TPSA) is 129 Å². The number of benzene rings is 19. The second-order valence-corrected chi connectivity index (χ2v) is 45.8. The Bertz CT molecular complexity index is 10500. The molecule has 0 amide bonds. The summed E-state index contributed by atoms with van der Waals surface area (Å²) in [6.07, 6.45) is 0. The Kier molecular flexibility index (Phi) is 23.9. The number of hydrogen-bond donors (Lipinski definition) is 0. The lowest BCUT2D eigenvalue weighted by atomic mass is 9.82. The van der Waals surface area contributed by atoms with Crippen LogP contribution in [-0.2, 0) is 5.41 Å². The van der Waals surface area contributed by atoms with Crippen LogP contribution in [0.15, 0.2) is 426 Å². The third kappa shape index (κ3) is 16.6. The fourth-order valence-electron chi connectivity index (χ4n) is 21.2. The molecule has 0 spiro atoms. The van der Waals surface area contributed by atoms with E-state index >= 15 is 0 Å². The van der Waals surface area contributed by atoms with Gasteiger partial charge in [-0.3, -0.25) is 0 Å². The van der Waals surface area contributed by atoms with Crippen molar-refractivity contribution in [3.05, 3.63) is 444 Å². The summed E-state index contributed by atoms with van der Waals surface area (Å²) in [4.78, 5) is 56.0. The van der Waals surface area contributed by atoms with E-state index in [1.165, 1.54) is 157 Å². The number of fused-ring (bicyclic) bond motifs is 31. The fraction of sp³-hybridized carbons (Fsp3) is 0.0236. The quantitative estimate of drug-likeness (QED) is 0.111. The van der Waals surface area contributed by atoms with E-state index in [1.54, 1.807) is 68.4 Å². The number of halogens is 5. The highest BCUT2D eigenvalue weighted by atomic mass is 35.5. The normalized spacial score (nSPS) is 12.4. The smallest absolute Gasteiger partial charge is 0.217 e. The molecule has 22 heteroatoms. The first-order valence-corrected chi connectivity index (χ1v) is 55.8. The molecule has 11 heterocycles. The highest BCUT2D eigenvalue weighted by molar-refractivity contribution is 8.05. The molecule has 0 bridgehead atoms. The summed E-state index contributed by atoms with van der Waals surface area (Å²) in [6.45, 7) is 4.61. The van der Waals surface area contributed by atoms with E-state index in [0.29, 0.717) is 5.28 Å². The second kappa shape index (κ2) is 38.4. The highest BCUT2D eigenvalue weighted by Crippen LogP contribution is 2.57. The van der Waals surface area contributed by atoms with Crippen LogP contribution in [0, 0.1) is 0 Å². The van der Waals surface area contributed by atoms with Crippen molar-refractivity contribution in [2.45, 2.75) is 38.8 Å². The van der Waals surface area contributed by atoms with Crippen molar-refractivity contribution in [2.75, 3.05) is 0 Å². The molecule has 10 aromatic heterocycles. The maximum Gasteiger partial charge on any atom is 0.224 e. The van der Waals surface area contributed by atoms with E-state index in [4.69, 9.17) is 73.0 Å². The highest BCUT2D eigenvalue weighted by Gasteiger charge is 2.37. The van der Waals surface area contributed by atoms with E-state index in [-0.39, 0.29) is 26.5 Å². The molecular weight excluding hydrogens is 2070 g/mol. The van der Waals surface area contributed by atoms with Crippen molar-refractivity contribution in [1.82, 2.24) is 49.8 Å². The van der Waals surface area contributed by atoms with Gasteiger partial charge in [0.25, 0.3) is 0 Å². The van der Waals surface area contributed by atoms with Crippen LogP contribution in [0.3, 0.4) is 0 Å². The monoisotopic (exact) mass is 2140 g/mol. The lowest BCUT2D eigenvalue weighted by Gasteiger charge is -2.22. The van der Waals surface area contributed by atoms with E-state index in [9.17, 15) is 0 Å². The molecule has 0 saturated heterocycles. The van der Waals surface area contributed by atoms with Crippen LogP contribution < -0.4 is 0 Å². The summed E-state index contributed by atoms with van der Waals surface area (Å²) in [5.74, 6) is 0. The van der Waals surface area contributed by atoms with Gasteiger partial charge in [0.15, 0.2) is 0 Å². The third-order valence-corrected chi connectivity index (χ3v) is 36.8. The third-order valence-electron chi connectivity index (χ3n) is 27.9. The van der Waals surface area contributed by atoms with Gasteiger partial charge >= 0.3 is 0 Å². The van der Waals surface area contributed by atoms with Gasteiger partial charge in [-0.1, -0.05) is 389 Å². The second-order valence-electron chi connectivity index (χ2n) is 36.9. The van der Waals surface area contributed by atoms with Crippen molar-refractivity contribution in [3.63, 3.8) is 0 Å². The maximum absolute atomic E-state index is 6.45. The van der Waals surface area contributed by atoms with Crippen molar-refractivity contribution in [3.8, 4) is 89.7 Å². The lowest BCUT2D eigenvalue weighted by Crippen LogP contribution is -2.14. The predicted molar refractivity (Wildman–Crippen MR) is 637 cm³/mol. The SMILES string of the molecule is CC1(C)c2ccccc2-c2ccc(-c3nc(Cl)nc4sc5ccc6ccccc6c5c34)cc21.Clc1nc(-c2cccc(-c3ccccc3)c2)c2c(n1)sc1c3ccccc3ccc12.Clc1nc(-c2cccc(-c3ccccc3)c2)c2c(n1)sc1ccc3ccccc3c12.Clc1nc(-c2cccc3c2Sc2ccccc2S3)c2c(n1)sc1ccccc12.Clc1nc(-c2ccccc2)c2c(n1)sc1c3ccccc3c3ccccc3c12. The number of nitrogens with zero attached hydrogens (tertiary/aromatic N) is 10. The molecular formula is C127H73Cl5N10S7. The van der Waals surface area contributed by atoms with Crippen LogP contribution in [0.2, 0.25) is 26.4 Å². The summed E-state index contributed by atoms with van der Waals surface area (Å²) in [5.41, 5.74) is 19.7. The Morgan fingerprint density at radius 2 is 0.564 bits per heavy atom. The molecule has 29 aromatic rings. The van der Waals surface area contributed by atoms with E-state index < -0.39 is 0 Å². The number of rotatable bonds is 7. The molecule has 0 saturated carbocycles. The zero-order valence-corrected chi connectivity index (χ0v) is 88.4. The molecule has 2 aliphatic rings. The van der Waals surface area contributed by atoms with Gasteiger partial charge in [0.05, 0.1) is 28.5 Å². The molecule has 0 atom stereocenters. The van der Waals surface area contributed by atoms with Crippen LogP contribution in [-0.4, -0.2) is 49.8 Å². The molecule has 19 aromatic carbocycles. The van der Waals surface area contributed by atoms with Gasteiger partial charge in [-0.05, 0) is 206 Å². The molecule has 149 heavy (non-hydrogen) atoms. The van der Waals surface area contributed by atoms with Crippen LogP contribution in [0.1, 0.15) is 25.0 Å². The number of aromatic nitrogens is 10. The van der Waals surface area contributed by atoms with E-state index in [1.807, 2.05) is 42.1 Å². The van der Waals surface area contributed by atoms with Crippen molar-refractivity contribution in [2.24, 2.45) is 0 Å². The van der Waals surface area contributed by atoms with Crippen molar-refractivity contribution in [1.29, 1.82) is 0 Å². The van der Waals surface area contributed by atoms with Crippen molar-refractivity contribution >= 4 is 294 Å². The molecule has 0 unspecified atom stereocenters. The average molecular weight is 2140 g/mol. The molecule has 0 radical (unpaired) electrons. The zero-order valence-electron chi connectivity index (χ0n) is 78.9. The molecule has 0 fully saturated rings. The average Bonchev–Trinajstić information content (AvgIpc) is 1.60. The summed E-state index contributed by atoms with van der Waals surface area (Å²) in [6, 6.07) is 142. The summed E-state index contributed by atoms with van der Waals surface area (Å²) < 4.78 is 6.06. The van der Waals surface area contributed by atoms with Gasteiger partial charge < -0.3 is 0 Å². The Morgan fingerprint density at radius 1 is 0.195 bits per heavy atom. The zero-order chi connectivity index (χ0) is 99.8. The molecule has 0 N–H and O–H groups in total. The molecule has 10 nitrogen and oxygen atoms in total. The Balaban J connectivity index is 0.0000000919. The van der Waals surface area contributed by atoms with Gasteiger partial charge in [0.2, 0.25) is 26.4 Å². The first-order chi connectivity index (χ1) is 73.2. The van der Waals surface area contributed by atoms with E-state index in [0.717, 1.165) is 118 Å². The summed E-state index contributed by atoms with van der Waals surface area (Å²) in [5, 5.41) is 25.1. The van der Waals surface area contributed by atoms with E-state index in [2.05, 4.69) is 425 Å². The standard InChI is InChI=1S/C29H19ClN2S.2C26H15ClN2S.C24H13ClN2S.C22H11ClN2S3/c1-29(2)21-10-6-5-9-19(21)20-13-11-17(15-22(20)29)26-25-24-18-8-4-3-7-16(18)12-14-23(24)33-27(25)32-28(30)31-26;27-26-28-23(19-11-6-10-18(15-19)16-7-2-1-3-8-16)22-21-14-13-17-9-4-5-12-20(17)24(21)30-25(22)29-26;27-26-28-24(19-11-6-10-18(15-19)16-7-2-1-3-8-16)23-22-20-12-5-4-9-17(20)13-14-21(22)30-25(23)29-26;25-24-26-21(14-8-2-1-3-9-14)20-19-17-12-6-4-10-15(17)16-11-5-7-13-18(16)22(19)28-23(20)27-24;23-22-24-19(18-12-6-1-2-8-14(12)28-21(18)25-22)13-7-5-11-17-20(13)27-16-10-4-3-9-15(16)26-17/h3-15H,1-2H3;2*1-15H;1-13H;1-11H. The van der Waals surface area contributed by atoms with Crippen LogP contribution in [0.25, 0.3) is 245 Å². The lowest BCUT2D eigenvalue weighted by molar-refractivity contribution is 0.660. The van der Waals surface area contributed by atoms with Gasteiger partial charge in [0.1, 0.15) is 24.2 Å². The summed E-state index contributed by atoms with van der Waals surface area (Å²) in [7, 11) is 0. The Morgan fingerprint density at radius 3 is 1.15 bits per heavy atom. The van der Waals surface area contributed by atoms with Crippen molar-refractivity contribution < 1.29 is 0 Å². The van der Waals surface area contributed by atoms with Crippen LogP contribution >= 0.6 is 138 Å². The minimum absolute atomic E-state index is 0.0682. The van der Waals surface area contributed by atoms with Crippen LogP contribution in [0.5, 0.6) is 0 Å². The van der Waals surface area contributed by atoms with Gasteiger partial charge in [0, 0.05) is 136 Å². The summed E-state index contributed by atoms with van der Waals surface area (Å²) >= 11 is 43.8. The minimum Gasteiger partial charge on any atom is -0.217 e. The Labute approximate surface area is 907 Å². The largest absolute Gasteiger partial charge is 0.224 e. The maximum atomic E-state index is 6.45. The van der Waals surface area contributed by atoms with Crippen LogP contribution in [0.4, 0.5) is 0 Å². The number of thiophene rings is 5. The van der Waals surface area contributed by atoms with Gasteiger partial charge in [-0.2, -0.15) is 0 Å². The molecule has 31 rings (SSSR count). The van der Waals surface area contributed by atoms with Gasteiger partial charge in [-0.25, -0.2) is 49.8 Å². The number of hydrogen-bond acceptors (Lipinski definition) is 17. The van der Waals surface area contributed by atoms with Gasteiger partial charge in [-0.15, -0.1) is 56.7 Å². The molecule has 708 valence electrons. The Hall–Kier alpha value is -14.9. The molecule has 1 aliphatic carbocycles. The minimum atomic E-state index is -0.0682. The molecule has 1 aliphatic heterocycles. The first-order valence-electron chi connectivity index (χ1n) is 48.2.